The maximum atomic E-state index is 13.1. The highest BCUT2D eigenvalue weighted by Gasteiger charge is 2.40. The van der Waals surface area contributed by atoms with Crippen LogP contribution in [0.25, 0.3) is 0 Å². The lowest BCUT2D eigenvalue weighted by atomic mass is 9.88. The summed E-state index contributed by atoms with van der Waals surface area (Å²) in [4.78, 5) is 32.7. The number of ether oxygens (including phenoxy) is 1. The number of rotatable bonds is 11. The fraction of sp³-hybridized carbons (Fsp3) is 0.459. The number of likely N-dealkylation sites (tertiary alicyclic amines) is 1. The van der Waals surface area contributed by atoms with E-state index in [0.717, 1.165) is 69.4 Å². The number of nitrogens with one attached hydrogen (secondary N) is 1. The quantitative estimate of drug-likeness (QED) is 0.262. The predicted molar refractivity (Wildman–Crippen MR) is 175 cm³/mol. The van der Waals surface area contributed by atoms with Crippen LogP contribution in [0.15, 0.2) is 91.0 Å². The van der Waals surface area contributed by atoms with Crippen molar-refractivity contribution in [3.8, 4) is 0 Å². The molecule has 1 N–H and O–H groups in total. The number of benzene rings is 3. The minimum atomic E-state index is -0.203. The molecule has 3 atom stereocenters. The van der Waals surface area contributed by atoms with Gasteiger partial charge in [0.05, 0.1) is 0 Å². The fourth-order valence-corrected chi connectivity index (χ4v) is 7.00. The first kappa shape index (κ1) is 31.6. The fourth-order valence-electron chi connectivity index (χ4n) is 7.00. The molecule has 7 nitrogen and oxygen atoms in total. The molecule has 7 heteroatoms. The minimum Gasteiger partial charge on any atom is -0.445 e. The van der Waals surface area contributed by atoms with E-state index in [2.05, 4.69) is 47.5 Å². The van der Waals surface area contributed by atoms with Gasteiger partial charge in [-0.25, -0.2) is 9.59 Å². The van der Waals surface area contributed by atoms with Crippen molar-refractivity contribution in [2.75, 3.05) is 33.2 Å². The summed E-state index contributed by atoms with van der Waals surface area (Å²) in [5, 5.41) is 3.11. The molecule has 1 heterocycles. The van der Waals surface area contributed by atoms with Crippen LogP contribution >= 0.6 is 0 Å². The monoisotopic (exact) mass is 596 g/mol. The Balaban J connectivity index is 1.16. The Morgan fingerprint density at radius 2 is 1.45 bits per heavy atom. The highest BCUT2D eigenvalue weighted by Crippen LogP contribution is 2.42. The van der Waals surface area contributed by atoms with Crippen LogP contribution in [-0.4, -0.2) is 72.1 Å². The molecular formula is C37H48N4O3. The molecule has 2 fully saturated rings. The molecule has 1 saturated carbocycles. The van der Waals surface area contributed by atoms with E-state index in [9.17, 15) is 9.59 Å². The number of urea groups is 1. The van der Waals surface area contributed by atoms with E-state index in [4.69, 9.17) is 4.74 Å². The molecule has 1 saturated heterocycles. The molecule has 0 bridgehead atoms. The third kappa shape index (κ3) is 8.41. The van der Waals surface area contributed by atoms with Gasteiger partial charge in [-0.15, -0.1) is 0 Å². The Kier molecular flexibility index (Phi) is 11.3. The van der Waals surface area contributed by atoms with Gasteiger partial charge in [-0.1, -0.05) is 97.9 Å². The Bertz CT molecular complexity index is 1300. The maximum Gasteiger partial charge on any atom is 0.410 e. The lowest BCUT2D eigenvalue weighted by Gasteiger charge is -2.39. The van der Waals surface area contributed by atoms with E-state index < -0.39 is 0 Å². The summed E-state index contributed by atoms with van der Waals surface area (Å²) < 4.78 is 5.73. The van der Waals surface area contributed by atoms with E-state index in [0.29, 0.717) is 25.0 Å². The van der Waals surface area contributed by atoms with Crippen molar-refractivity contribution in [3.05, 3.63) is 108 Å². The van der Waals surface area contributed by atoms with Crippen molar-refractivity contribution in [1.29, 1.82) is 0 Å². The zero-order valence-corrected chi connectivity index (χ0v) is 26.3. The normalized spacial score (nSPS) is 20.6. The van der Waals surface area contributed by atoms with E-state index in [1.807, 2.05) is 77.5 Å². The van der Waals surface area contributed by atoms with Crippen molar-refractivity contribution < 1.29 is 14.3 Å². The molecule has 1 aliphatic carbocycles. The molecule has 3 unspecified atom stereocenters. The van der Waals surface area contributed by atoms with Crippen LogP contribution in [0, 0.1) is 5.92 Å². The molecule has 0 aromatic heterocycles. The topological polar surface area (TPSA) is 65.1 Å². The van der Waals surface area contributed by atoms with Crippen molar-refractivity contribution in [2.45, 2.75) is 70.2 Å². The zero-order chi connectivity index (χ0) is 30.7. The summed E-state index contributed by atoms with van der Waals surface area (Å²) in [6.45, 7) is 6.62. The Hall–Kier alpha value is -3.84. The Morgan fingerprint density at radius 1 is 0.841 bits per heavy atom. The minimum absolute atomic E-state index is 0.0118. The highest BCUT2D eigenvalue weighted by atomic mass is 16.6. The lowest BCUT2D eigenvalue weighted by Crippen LogP contribution is -2.48. The van der Waals surface area contributed by atoms with Crippen LogP contribution in [0.5, 0.6) is 0 Å². The molecule has 0 radical (unpaired) electrons. The van der Waals surface area contributed by atoms with Gasteiger partial charge in [0.2, 0.25) is 0 Å². The van der Waals surface area contributed by atoms with Gasteiger partial charge in [0, 0.05) is 51.9 Å². The van der Waals surface area contributed by atoms with Gasteiger partial charge in [-0.3, -0.25) is 0 Å². The molecule has 3 aromatic rings. The number of amides is 3. The summed E-state index contributed by atoms with van der Waals surface area (Å²) >= 11 is 0. The van der Waals surface area contributed by atoms with Gasteiger partial charge in [0.1, 0.15) is 6.61 Å². The van der Waals surface area contributed by atoms with E-state index in [-0.39, 0.29) is 24.2 Å². The largest absolute Gasteiger partial charge is 0.445 e. The first-order valence-electron chi connectivity index (χ1n) is 16.3. The summed E-state index contributed by atoms with van der Waals surface area (Å²) in [6, 6.07) is 31.1. The zero-order valence-electron chi connectivity index (χ0n) is 26.3. The van der Waals surface area contributed by atoms with E-state index in [1.165, 1.54) is 5.56 Å². The number of carbonyl (C=O) groups is 2. The molecule has 5 rings (SSSR count). The first-order valence-corrected chi connectivity index (χ1v) is 16.3. The maximum absolute atomic E-state index is 13.1. The summed E-state index contributed by atoms with van der Waals surface area (Å²) in [6.07, 6.45) is 4.57. The molecule has 3 amide bonds. The number of hydrogen-bond donors (Lipinski definition) is 1. The van der Waals surface area contributed by atoms with Crippen LogP contribution in [0.1, 0.15) is 61.6 Å². The van der Waals surface area contributed by atoms with Crippen LogP contribution in [-0.2, 0) is 17.9 Å². The molecule has 2 aliphatic rings. The summed E-state index contributed by atoms with van der Waals surface area (Å²) in [5.74, 6) is 0.874. The van der Waals surface area contributed by atoms with E-state index in [1.54, 1.807) is 0 Å². The molecule has 1 aliphatic heterocycles. The van der Waals surface area contributed by atoms with Gasteiger partial charge in [-0.05, 0) is 60.6 Å². The SMILES string of the molecule is CCCN(C(=O)OCc1ccccc1)C1CCN(CC2CC(N(C)C(=O)NCc3ccccc3)CC2c2ccccc2)CC1. The second-order valence-electron chi connectivity index (χ2n) is 12.4. The third-order valence-electron chi connectivity index (χ3n) is 9.45. The van der Waals surface area contributed by atoms with Gasteiger partial charge < -0.3 is 24.8 Å². The van der Waals surface area contributed by atoms with Crippen LogP contribution in [0.3, 0.4) is 0 Å². The highest BCUT2D eigenvalue weighted by molar-refractivity contribution is 5.74. The van der Waals surface area contributed by atoms with E-state index >= 15 is 0 Å². The second kappa shape index (κ2) is 15.8. The third-order valence-corrected chi connectivity index (χ3v) is 9.45. The Labute approximate surface area is 263 Å². The average molecular weight is 597 g/mol. The van der Waals surface area contributed by atoms with Gasteiger partial charge in [0.25, 0.3) is 0 Å². The number of carbonyl (C=O) groups excluding carboxylic acids is 2. The predicted octanol–water partition coefficient (Wildman–Crippen LogP) is 6.90. The van der Waals surface area contributed by atoms with Crippen LogP contribution < -0.4 is 5.32 Å². The molecular weight excluding hydrogens is 548 g/mol. The standard InChI is InChI=1S/C37H48N4O3/c1-3-21-41(37(43)44-28-30-15-9-5-10-16-30)33-19-22-40(23-20-33)27-32-24-34(25-35(32)31-17-11-6-12-18-31)39(2)36(42)38-26-29-13-7-4-8-14-29/h4-18,32-35H,3,19-28H2,1-2H3,(H,38,42). The average Bonchev–Trinajstić information content (AvgIpc) is 3.50. The van der Waals surface area contributed by atoms with Crippen LogP contribution in [0.4, 0.5) is 9.59 Å². The van der Waals surface area contributed by atoms with Crippen molar-refractivity contribution in [2.24, 2.45) is 5.92 Å². The lowest BCUT2D eigenvalue weighted by molar-refractivity contribution is 0.0576. The smallest absolute Gasteiger partial charge is 0.410 e. The number of nitrogens with zero attached hydrogens (tertiary/aromatic N) is 3. The molecule has 0 spiro atoms. The van der Waals surface area contributed by atoms with Gasteiger partial charge >= 0.3 is 12.1 Å². The number of piperidine rings is 1. The van der Waals surface area contributed by atoms with Crippen molar-refractivity contribution in [1.82, 2.24) is 20.0 Å². The summed E-state index contributed by atoms with van der Waals surface area (Å²) in [5.41, 5.74) is 3.48. The first-order chi connectivity index (χ1) is 21.5. The van der Waals surface area contributed by atoms with Crippen molar-refractivity contribution >= 4 is 12.1 Å². The Morgan fingerprint density at radius 3 is 2.09 bits per heavy atom. The van der Waals surface area contributed by atoms with Crippen molar-refractivity contribution in [3.63, 3.8) is 0 Å². The molecule has 3 aromatic carbocycles. The molecule has 44 heavy (non-hydrogen) atoms. The molecule has 234 valence electrons. The second-order valence-corrected chi connectivity index (χ2v) is 12.4. The summed E-state index contributed by atoms with van der Waals surface area (Å²) in [7, 11) is 1.94. The van der Waals surface area contributed by atoms with Gasteiger partial charge in [0.15, 0.2) is 0 Å². The van der Waals surface area contributed by atoms with Gasteiger partial charge in [-0.2, -0.15) is 0 Å². The number of hydrogen-bond acceptors (Lipinski definition) is 4. The van der Waals surface area contributed by atoms with Crippen LogP contribution in [0.2, 0.25) is 0 Å².